The minimum Gasteiger partial charge on any atom is -0.335 e. The number of amides is 2. The molecule has 5 nitrogen and oxygen atoms in total. The fourth-order valence-corrected chi connectivity index (χ4v) is 4.80. The van der Waals surface area contributed by atoms with Crippen LogP contribution in [0.2, 0.25) is 10.0 Å². The molecule has 2 N–H and O–H groups in total. The first-order chi connectivity index (χ1) is 14.5. The molecular formula is C23H24Cl2N2O3. The first-order valence-electron chi connectivity index (χ1n) is 10.2. The van der Waals surface area contributed by atoms with Gasteiger partial charge in [-0.3, -0.25) is 14.8 Å². The number of rotatable bonds is 6. The molecule has 1 unspecified atom stereocenters. The number of nitrogens with one attached hydrogen (secondary N) is 1. The minimum absolute atomic E-state index is 0.0298. The molecule has 1 aliphatic heterocycles. The third-order valence-electron chi connectivity index (χ3n) is 6.08. The van der Waals surface area contributed by atoms with E-state index >= 15 is 0 Å². The lowest BCUT2D eigenvalue weighted by Gasteiger charge is -2.45. The number of nitrogens with zero attached hydrogens (tertiary/aromatic N) is 1. The highest BCUT2D eigenvalue weighted by molar-refractivity contribution is 6.30. The zero-order valence-corrected chi connectivity index (χ0v) is 17.9. The summed E-state index contributed by atoms with van der Waals surface area (Å²) in [6.45, 7) is 0.667. The van der Waals surface area contributed by atoms with Crippen LogP contribution in [0.3, 0.4) is 0 Å². The summed E-state index contributed by atoms with van der Waals surface area (Å²) in [5.74, 6) is -0.617. The third-order valence-corrected chi connectivity index (χ3v) is 6.57. The van der Waals surface area contributed by atoms with Gasteiger partial charge in [0.15, 0.2) is 0 Å². The molecule has 0 bridgehead atoms. The Labute approximate surface area is 185 Å². The maximum atomic E-state index is 13.4. The quantitative estimate of drug-likeness (QED) is 0.485. The number of hydrogen-bond donors (Lipinski definition) is 2. The lowest BCUT2D eigenvalue weighted by Crippen LogP contribution is -2.48. The Morgan fingerprint density at radius 2 is 1.80 bits per heavy atom. The van der Waals surface area contributed by atoms with Gasteiger partial charge < -0.3 is 4.90 Å². The molecule has 3 atom stereocenters. The standard InChI is InChI=1S/C23H24Cl2N2O3/c24-18-8-6-15(7-9-18)22-20(16-2-1-3-19(25)10-16)11-17(12-21(28)26-30)23(29)27(22)13-14-4-5-14/h1-3,6-10,14,17,20,22,30H,4-5,11-13H2,(H,26,28)/t17-,20-,22?/m1/s1. The van der Waals surface area contributed by atoms with Crippen molar-refractivity contribution in [2.75, 3.05) is 6.54 Å². The largest absolute Gasteiger partial charge is 0.335 e. The Morgan fingerprint density at radius 1 is 1.07 bits per heavy atom. The van der Waals surface area contributed by atoms with Crippen molar-refractivity contribution < 1.29 is 14.8 Å². The second-order valence-corrected chi connectivity index (χ2v) is 9.14. The highest BCUT2D eigenvalue weighted by atomic mass is 35.5. The van der Waals surface area contributed by atoms with Crippen LogP contribution in [0, 0.1) is 11.8 Å². The second kappa shape index (κ2) is 8.96. The molecule has 0 aromatic heterocycles. The summed E-state index contributed by atoms with van der Waals surface area (Å²) in [6.07, 6.45) is 2.68. The zero-order chi connectivity index (χ0) is 21.3. The Morgan fingerprint density at radius 3 is 2.43 bits per heavy atom. The van der Waals surface area contributed by atoms with Crippen LogP contribution in [0.25, 0.3) is 0 Å². The third kappa shape index (κ3) is 4.64. The van der Waals surface area contributed by atoms with E-state index in [1.807, 2.05) is 53.4 Å². The molecule has 2 aliphatic rings. The molecule has 30 heavy (non-hydrogen) atoms. The van der Waals surface area contributed by atoms with Crippen molar-refractivity contribution in [1.82, 2.24) is 10.4 Å². The normalized spacial score (nSPS) is 24.0. The van der Waals surface area contributed by atoms with E-state index in [2.05, 4.69) is 0 Å². The van der Waals surface area contributed by atoms with Crippen LogP contribution >= 0.6 is 23.2 Å². The minimum atomic E-state index is -0.547. The van der Waals surface area contributed by atoms with E-state index < -0.39 is 11.8 Å². The van der Waals surface area contributed by atoms with Crippen LogP contribution < -0.4 is 5.48 Å². The maximum Gasteiger partial charge on any atom is 0.244 e. The van der Waals surface area contributed by atoms with E-state index in [0.717, 1.165) is 24.0 Å². The number of hydroxylamine groups is 1. The van der Waals surface area contributed by atoms with Gasteiger partial charge in [-0.1, -0.05) is 47.5 Å². The highest BCUT2D eigenvalue weighted by Gasteiger charge is 2.45. The van der Waals surface area contributed by atoms with E-state index in [4.69, 9.17) is 28.4 Å². The Kier molecular flexibility index (Phi) is 6.32. The molecule has 1 aliphatic carbocycles. The van der Waals surface area contributed by atoms with E-state index in [1.165, 1.54) is 0 Å². The molecule has 158 valence electrons. The average molecular weight is 447 g/mol. The summed E-state index contributed by atoms with van der Waals surface area (Å²) >= 11 is 12.4. The van der Waals surface area contributed by atoms with Crippen molar-refractivity contribution in [3.05, 3.63) is 69.7 Å². The molecule has 2 aromatic rings. The Balaban J connectivity index is 1.77. The van der Waals surface area contributed by atoms with Crippen molar-refractivity contribution in [3.8, 4) is 0 Å². The zero-order valence-electron chi connectivity index (χ0n) is 16.4. The van der Waals surface area contributed by atoms with Gasteiger partial charge in [-0.2, -0.15) is 0 Å². The molecule has 0 radical (unpaired) electrons. The van der Waals surface area contributed by atoms with E-state index in [9.17, 15) is 9.59 Å². The number of benzene rings is 2. The van der Waals surface area contributed by atoms with Gasteiger partial charge in [-0.25, -0.2) is 5.48 Å². The van der Waals surface area contributed by atoms with Crippen LogP contribution in [0.15, 0.2) is 48.5 Å². The fourth-order valence-electron chi connectivity index (χ4n) is 4.48. The molecule has 2 aromatic carbocycles. The SMILES string of the molecule is O=C(C[C@H]1C[C@H](c2cccc(Cl)c2)C(c2ccc(Cl)cc2)N(CC2CC2)C1=O)NO. The van der Waals surface area contributed by atoms with Gasteiger partial charge in [0.05, 0.1) is 6.04 Å². The van der Waals surface area contributed by atoms with Gasteiger partial charge in [-0.15, -0.1) is 0 Å². The van der Waals surface area contributed by atoms with Gasteiger partial charge in [0.1, 0.15) is 0 Å². The lowest BCUT2D eigenvalue weighted by atomic mass is 9.74. The lowest BCUT2D eigenvalue weighted by molar-refractivity contribution is -0.147. The highest BCUT2D eigenvalue weighted by Crippen LogP contribution is 2.48. The number of carbonyl (C=O) groups is 2. The van der Waals surface area contributed by atoms with Gasteiger partial charge >= 0.3 is 0 Å². The first-order valence-corrected chi connectivity index (χ1v) is 11.0. The Hall–Kier alpha value is -2.08. The van der Waals surface area contributed by atoms with Crippen LogP contribution in [0.1, 0.15) is 48.8 Å². The number of carbonyl (C=O) groups excluding carboxylic acids is 2. The molecule has 0 spiro atoms. The summed E-state index contributed by atoms with van der Waals surface area (Å²) in [5.41, 5.74) is 3.72. The molecule has 2 amide bonds. The Bertz CT molecular complexity index is 930. The van der Waals surface area contributed by atoms with Gasteiger partial charge in [0.2, 0.25) is 11.8 Å². The fraction of sp³-hybridized carbons (Fsp3) is 0.391. The molecule has 1 saturated carbocycles. The number of halogens is 2. The molecule has 1 heterocycles. The van der Waals surface area contributed by atoms with Gasteiger partial charge in [0.25, 0.3) is 0 Å². The smallest absolute Gasteiger partial charge is 0.244 e. The first kappa shape index (κ1) is 21.2. The summed E-state index contributed by atoms with van der Waals surface area (Å²) in [7, 11) is 0. The van der Waals surface area contributed by atoms with E-state index in [0.29, 0.717) is 28.9 Å². The summed E-state index contributed by atoms with van der Waals surface area (Å²) < 4.78 is 0. The number of likely N-dealkylation sites (tertiary alicyclic amines) is 1. The van der Waals surface area contributed by atoms with Crippen molar-refractivity contribution in [3.63, 3.8) is 0 Å². The predicted octanol–water partition coefficient (Wildman–Crippen LogP) is 4.97. The van der Waals surface area contributed by atoms with Gasteiger partial charge in [-0.05, 0) is 60.6 Å². The number of hydrogen-bond acceptors (Lipinski definition) is 3. The van der Waals surface area contributed by atoms with Crippen LogP contribution in [-0.2, 0) is 9.59 Å². The molecular weight excluding hydrogens is 423 g/mol. The molecule has 1 saturated heterocycles. The summed E-state index contributed by atoms with van der Waals surface area (Å²) in [6, 6.07) is 15.2. The van der Waals surface area contributed by atoms with Crippen molar-refractivity contribution in [2.24, 2.45) is 11.8 Å². The number of piperidine rings is 1. The monoisotopic (exact) mass is 446 g/mol. The topological polar surface area (TPSA) is 69.6 Å². The summed E-state index contributed by atoms with van der Waals surface area (Å²) in [5, 5.41) is 10.3. The predicted molar refractivity (Wildman–Crippen MR) is 115 cm³/mol. The van der Waals surface area contributed by atoms with Gasteiger partial charge in [0, 0.05) is 34.8 Å². The second-order valence-electron chi connectivity index (χ2n) is 8.26. The molecule has 7 heteroatoms. The summed E-state index contributed by atoms with van der Waals surface area (Å²) in [4.78, 5) is 27.3. The van der Waals surface area contributed by atoms with Crippen LogP contribution in [-0.4, -0.2) is 28.5 Å². The van der Waals surface area contributed by atoms with Crippen LogP contribution in [0.4, 0.5) is 0 Å². The van der Waals surface area contributed by atoms with E-state index in [1.54, 1.807) is 5.48 Å². The maximum absolute atomic E-state index is 13.4. The average Bonchev–Trinajstić information content (AvgIpc) is 3.55. The van der Waals surface area contributed by atoms with E-state index in [-0.39, 0.29) is 24.3 Å². The van der Waals surface area contributed by atoms with Crippen LogP contribution in [0.5, 0.6) is 0 Å². The van der Waals surface area contributed by atoms with Crippen molar-refractivity contribution >= 4 is 35.0 Å². The molecule has 2 fully saturated rings. The van der Waals surface area contributed by atoms with Crippen molar-refractivity contribution in [1.29, 1.82) is 0 Å². The molecule has 4 rings (SSSR count). The van der Waals surface area contributed by atoms with Crippen molar-refractivity contribution in [2.45, 2.75) is 37.6 Å².